The van der Waals surface area contributed by atoms with Gasteiger partial charge in [0.1, 0.15) is 17.5 Å². The zero-order valence-corrected chi connectivity index (χ0v) is 9.65. The van der Waals surface area contributed by atoms with Gasteiger partial charge in [-0.3, -0.25) is 4.68 Å². The maximum absolute atomic E-state index is 9.17. The number of anilines is 1. The highest BCUT2D eigenvalue weighted by atomic mass is 16.3. The molecule has 1 aromatic rings. The summed E-state index contributed by atoms with van der Waals surface area (Å²) in [4.78, 5) is 0. The molecule has 0 saturated carbocycles. The first kappa shape index (κ1) is 12.5. The van der Waals surface area contributed by atoms with Crippen LogP contribution in [0.4, 0.5) is 5.82 Å². The summed E-state index contributed by atoms with van der Waals surface area (Å²) in [5, 5.41) is 34.4. The van der Waals surface area contributed by atoms with Crippen LogP contribution in [0.3, 0.4) is 0 Å². The Labute approximate surface area is 94.1 Å². The third kappa shape index (κ3) is 2.15. The summed E-state index contributed by atoms with van der Waals surface area (Å²) in [7, 11) is 1.70. The van der Waals surface area contributed by atoms with Gasteiger partial charge in [-0.05, 0) is 13.8 Å². The van der Waals surface area contributed by atoms with Gasteiger partial charge in [-0.2, -0.15) is 10.4 Å². The van der Waals surface area contributed by atoms with Crippen molar-refractivity contribution in [3.8, 4) is 6.07 Å². The van der Waals surface area contributed by atoms with Crippen molar-refractivity contribution in [1.29, 1.82) is 5.26 Å². The van der Waals surface area contributed by atoms with Crippen molar-refractivity contribution in [2.45, 2.75) is 19.4 Å². The molecule has 1 rings (SSSR count). The lowest BCUT2D eigenvalue weighted by atomic mass is 10.1. The van der Waals surface area contributed by atoms with E-state index in [1.807, 2.05) is 6.07 Å². The molecule has 0 aromatic carbocycles. The van der Waals surface area contributed by atoms with Crippen LogP contribution in [-0.2, 0) is 7.05 Å². The van der Waals surface area contributed by atoms with Crippen LogP contribution in [0.15, 0.2) is 0 Å². The number of nitrogens with one attached hydrogen (secondary N) is 1. The van der Waals surface area contributed by atoms with Crippen molar-refractivity contribution < 1.29 is 10.2 Å². The molecule has 1 aromatic heterocycles. The number of rotatable bonds is 4. The van der Waals surface area contributed by atoms with E-state index in [9.17, 15) is 10.2 Å². The van der Waals surface area contributed by atoms with E-state index in [0.717, 1.165) is 0 Å². The second-order valence-corrected chi connectivity index (χ2v) is 4.05. The van der Waals surface area contributed by atoms with Crippen LogP contribution in [-0.4, -0.2) is 38.7 Å². The first-order valence-electron chi connectivity index (χ1n) is 4.91. The van der Waals surface area contributed by atoms with E-state index in [1.54, 1.807) is 20.9 Å². The summed E-state index contributed by atoms with van der Waals surface area (Å²) < 4.78 is 1.53. The minimum atomic E-state index is -0.869. The number of nitrogens with zero attached hydrogens (tertiary/aromatic N) is 3. The molecule has 0 amide bonds. The number of aromatic nitrogens is 2. The molecule has 88 valence electrons. The Hall–Kier alpha value is -1.58. The van der Waals surface area contributed by atoms with Crippen LogP contribution in [0.2, 0.25) is 0 Å². The lowest BCUT2D eigenvalue weighted by Gasteiger charge is -2.27. The van der Waals surface area contributed by atoms with Crippen LogP contribution in [0.1, 0.15) is 18.2 Å². The summed E-state index contributed by atoms with van der Waals surface area (Å²) in [5.74, 6) is 0.505. The Morgan fingerprint density at radius 2 is 2.06 bits per heavy atom. The smallest absolute Gasteiger partial charge is 0.142 e. The van der Waals surface area contributed by atoms with Gasteiger partial charge in [-0.1, -0.05) is 0 Å². The van der Waals surface area contributed by atoms with Gasteiger partial charge in [0.05, 0.1) is 24.4 Å². The molecule has 16 heavy (non-hydrogen) atoms. The summed E-state index contributed by atoms with van der Waals surface area (Å²) in [5.41, 5.74) is 0.174. The fourth-order valence-corrected chi connectivity index (χ4v) is 1.35. The van der Waals surface area contributed by atoms with E-state index in [4.69, 9.17) is 5.26 Å². The van der Waals surface area contributed by atoms with Gasteiger partial charge in [0.15, 0.2) is 0 Å². The lowest BCUT2D eigenvalue weighted by Crippen LogP contribution is -2.43. The molecule has 0 spiro atoms. The van der Waals surface area contributed by atoms with Crippen LogP contribution >= 0.6 is 0 Å². The van der Waals surface area contributed by atoms with Gasteiger partial charge in [0.25, 0.3) is 0 Å². The Kier molecular flexibility index (Phi) is 3.52. The molecular formula is C10H16N4O2. The van der Waals surface area contributed by atoms with Crippen LogP contribution in [0.25, 0.3) is 0 Å². The number of aliphatic hydroxyl groups excluding tert-OH is 2. The van der Waals surface area contributed by atoms with E-state index in [0.29, 0.717) is 17.1 Å². The number of aliphatic hydroxyl groups is 2. The monoisotopic (exact) mass is 224 g/mol. The van der Waals surface area contributed by atoms with Gasteiger partial charge < -0.3 is 15.5 Å². The molecule has 0 fully saturated rings. The number of nitriles is 1. The zero-order valence-electron chi connectivity index (χ0n) is 9.65. The number of hydrogen-bond donors (Lipinski definition) is 3. The van der Waals surface area contributed by atoms with E-state index in [-0.39, 0.29) is 13.2 Å². The summed E-state index contributed by atoms with van der Waals surface area (Å²) >= 11 is 0. The Morgan fingerprint density at radius 3 is 2.50 bits per heavy atom. The lowest BCUT2D eigenvalue weighted by molar-refractivity contribution is 0.147. The summed E-state index contributed by atoms with van der Waals surface area (Å²) in [6.07, 6.45) is 0. The topological polar surface area (TPSA) is 94.1 Å². The zero-order chi connectivity index (χ0) is 12.3. The fraction of sp³-hybridized carbons (Fsp3) is 0.600. The van der Waals surface area contributed by atoms with Crippen molar-refractivity contribution in [2.24, 2.45) is 7.05 Å². The molecule has 0 aliphatic rings. The molecule has 0 unspecified atom stereocenters. The quantitative estimate of drug-likeness (QED) is 0.656. The van der Waals surface area contributed by atoms with Crippen molar-refractivity contribution in [2.75, 3.05) is 18.5 Å². The number of aryl methyl sites for hydroxylation is 2. The van der Waals surface area contributed by atoms with Gasteiger partial charge in [0.2, 0.25) is 0 Å². The van der Waals surface area contributed by atoms with Crippen LogP contribution < -0.4 is 5.32 Å². The predicted octanol–water partition coefficient (Wildman–Crippen LogP) is -0.245. The van der Waals surface area contributed by atoms with Crippen molar-refractivity contribution in [3.63, 3.8) is 0 Å². The predicted molar refractivity (Wildman–Crippen MR) is 58.9 cm³/mol. The average molecular weight is 224 g/mol. The molecule has 1 heterocycles. The Morgan fingerprint density at radius 1 is 1.50 bits per heavy atom. The summed E-state index contributed by atoms with van der Waals surface area (Å²) in [6.45, 7) is 2.92. The highest BCUT2D eigenvalue weighted by Gasteiger charge is 2.25. The molecule has 3 N–H and O–H groups in total. The van der Waals surface area contributed by atoms with E-state index in [1.165, 1.54) is 4.68 Å². The Balaban J connectivity index is 3.11. The normalized spacial score (nSPS) is 11.2. The first-order valence-corrected chi connectivity index (χ1v) is 4.91. The molecular weight excluding hydrogens is 208 g/mol. The second kappa shape index (κ2) is 4.51. The molecule has 0 radical (unpaired) electrons. The third-order valence-electron chi connectivity index (χ3n) is 2.45. The van der Waals surface area contributed by atoms with Crippen molar-refractivity contribution in [3.05, 3.63) is 11.3 Å². The third-order valence-corrected chi connectivity index (χ3v) is 2.45. The van der Waals surface area contributed by atoms with E-state index < -0.39 is 5.54 Å². The Bertz CT molecular complexity index is 415. The van der Waals surface area contributed by atoms with Gasteiger partial charge in [0, 0.05) is 7.05 Å². The molecule has 0 saturated heterocycles. The molecule has 0 bridgehead atoms. The van der Waals surface area contributed by atoms with Crippen molar-refractivity contribution in [1.82, 2.24) is 9.78 Å². The van der Waals surface area contributed by atoms with Gasteiger partial charge in [-0.15, -0.1) is 0 Å². The van der Waals surface area contributed by atoms with E-state index >= 15 is 0 Å². The van der Waals surface area contributed by atoms with Gasteiger partial charge in [-0.25, -0.2) is 0 Å². The largest absolute Gasteiger partial charge is 0.394 e. The fourth-order valence-electron chi connectivity index (χ4n) is 1.35. The minimum absolute atomic E-state index is 0.238. The second-order valence-electron chi connectivity index (χ2n) is 4.05. The summed E-state index contributed by atoms with van der Waals surface area (Å²) in [6, 6.07) is 2.05. The SMILES string of the molecule is Cc1nn(C)c(NC(C)(CO)CO)c1C#N. The molecule has 6 heteroatoms. The molecule has 0 aliphatic heterocycles. The molecule has 0 aliphatic carbocycles. The maximum Gasteiger partial charge on any atom is 0.142 e. The first-order chi connectivity index (χ1) is 7.47. The molecule has 6 nitrogen and oxygen atoms in total. The minimum Gasteiger partial charge on any atom is -0.394 e. The average Bonchev–Trinajstić information content (AvgIpc) is 2.53. The van der Waals surface area contributed by atoms with Gasteiger partial charge >= 0.3 is 0 Å². The standard InChI is InChI=1S/C10H16N4O2/c1-7-8(4-11)9(14(3)13-7)12-10(2,5-15)6-16/h12,15-16H,5-6H2,1-3H3. The highest BCUT2D eigenvalue weighted by Crippen LogP contribution is 2.21. The van der Waals surface area contributed by atoms with E-state index in [2.05, 4.69) is 10.4 Å². The van der Waals surface area contributed by atoms with Crippen LogP contribution in [0, 0.1) is 18.3 Å². The van der Waals surface area contributed by atoms with Crippen LogP contribution in [0.5, 0.6) is 0 Å². The van der Waals surface area contributed by atoms with Crippen molar-refractivity contribution >= 4 is 5.82 Å². The number of hydrogen-bond acceptors (Lipinski definition) is 5. The molecule has 0 atom stereocenters. The highest BCUT2D eigenvalue weighted by molar-refractivity contribution is 5.56. The maximum atomic E-state index is 9.17.